The summed E-state index contributed by atoms with van der Waals surface area (Å²) in [5, 5.41) is 0. The van der Waals surface area contributed by atoms with Crippen molar-refractivity contribution in [1.29, 1.82) is 0 Å². The first-order valence-corrected chi connectivity index (χ1v) is 8.52. The second-order valence-electron chi connectivity index (χ2n) is 6.06. The van der Waals surface area contributed by atoms with Gasteiger partial charge in [-0.3, -0.25) is 4.79 Å². The van der Waals surface area contributed by atoms with E-state index in [2.05, 4.69) is 50.8 Å². The molecule has 112 valence electrons. The quantitative estimate of drug-likeness (QED) is 0.733. The Bertz CT molecular complexity index is 730. The van der Waals surface area contributed by atoms with Crippen LogP contribution in [0.15, 0.2) is 60.0 Å². The molecule has 0 aliphatic carbocycles. The van der Waals surface area contributed by atoms with Crippen molar-refractivity contribution in [3.63, 3.8) is 0 Å². The van der Waals surface area contributed by atoms with Gasteiger partial charge in [-0.1, -0.05) is 42.0 Å². The van der Waals surface area contributed by atoms with Crippen LogP contribution in [-0.4, -0.2) is 11.5 Å². The lowest BCUT2D eigenvalue weighted by atomic mass is 9.73. The van der Waals surface area contributed by atoms with E-state index in [-0.39, 0.29) is 5.78 Å². The molecule has 0 saturated carbocycles. The molecule has 1 aliphatic heterocycles. The highest BCUT2D eigenvalue weighted by molar-refractivity contribution is 7.99. The van der Waals surface area contributed by atoms with E-state index in [0.29, 0.717) is 6.42 Å². The molecular formula is C20H20OS. The maximum absolute atomic E-state index is 13.3. The van der Waals surface area contributed by atoms with Crippen LogP contribution in [0.2, 0.25) is 0 Å². The Morgan fingerprint density at radius 3 is 2.50 bits per heavy atom. The van der Waals surface area contributed by atoms with E-state index >= 15 is 0 Å². The van der Waals surface area contributed by atoms with E-state index < -0.39 is 5.41 Å². The maximum atomic E-state index is 13.3. The fraction of sp³-hybridized carbons (Fsp3) is 0.250. The van der Waals surface area contributed by atoms with E-state index in [1.54, 1.807) is 11.8 Å². The van der Waals surface area contributed by atoms with Crippen LogP contribution in [0.3, 0.4) is 0 Å². The number of aryl methyl sites for hydroxylation is 2. The normalized spacial score (nSPS) is 20.5. The van der Waals surface area contributed by atoms with E-state index in [9.17, 15) is 4.79 Å². The number of benzene rings is 2. The lowest BCUT2D eigenvalue weighted by molar-refractivity contribution is 0.0894. The molecule has 0 radical (unpaired) electrons. The summed E-state index contributed by atoms with van der Waals surface area (Å²) < 4.78 is 0. The fourth-order valence-electron chi connectivity index (χ4n) is 3.06. The molecule has 1 heterocycles. The van der Waals surface area contributed by atoms with Crippen molar-refractivity contribution in [1.82, 2.24) is 0 Å². The molecule has 0 unspecified atom stereocenters. The lowest BCUT2D eigenvalue weighted by Crippen LogP contribution is -2.41. The Morgan fingerprint density at radius 1 is 1.14 bits per heavy atom. The van der Waals surface area contributed by atoms with Gasteiger partial charge in [-0.2, -0.15) is 0 Å². The molecule has 2 aromatic rings. The van der Waals surface area contributed by atoms with Crippen LogP contribution in [-0.2, 0) is 5.41 Å². The number of allylic oxidation sites excluding steroid dienone is 1. The Hall–Kier alpha value is -1.80. The van der Waals surface area contributed by atoms with Gasteiger partial charge in [0.1, 0.15) is 0 Å². The summed E-state index contributed by atoms with van der Waals surface area (Å²) >= 11 is 1.78. The Kier molecular flexibility index (Phi) is 3.96. The van der Waals surface area contributed by atoms with Gasteiger partial charge in [0.25, 0.3) is 0 Å². The van der Waals surface area contributed by atoms with Crippen LogP contribution in [0.5, 0.6) is 0 Å². The Morgan fingerprint density at radius 2 is 1.82 bits per heavy atom. The molecule has 0 saturated heterocycles. The first-order valence-electron chi connectivity index (χ1n) is 7.53. The molecule has 0 bridgehead atoms. The van der Waals surface area contributed by atoms with E-state index in [1.807, 2.05) is 18.2 Å². The molecule has 2 aromatic carbocycles. The van der Waals surface area contributed by atoms with Crippen LogP contribution in [0.25, 0.3) is 0 Å². The second kappa shape index (κ2) is 5.77. The second-order valence-corrected chi connectivity index (χ2v) is 7.08. The van der Waals surface area contributed by atoms with Crippen molar-refractivity contribution in [3.05, 3.63) is 77.4 Å². The van der Waals surface area contributed by atoms with Gasteiger partial charge in [0.05, 0.1) is 5.41 Å². The van der Waals surface area contributed by atoms with Crippen LogP contribution in [0.4, 0.5) is 0 Å². The van der Waals surface area contributed by atoms with E-state index in [0.717, 1.165) is 21.8 Å². The van der Waals surface area contributed by atoms with Gasteiger partial charge in [0.2, 0.25) is 0 Å². The van der Waals surface area contributed by atoms with Gasteiger partial charge in [-0.05, 0) is 43.5 Å². The molecule has 0 aromatic heterocycles. The summed E-state index contributed by atoms with van der Waals surface area (Å²) in [6.07, 6.45) is 2.55. The summed E-state index contributed by atoms with van der Waals surface area (Å²) in [7, 11) is 0. The SMILES string of the molecule is C=CC[C@]1(c2ccc(C)cc2)CSc2cc(C)ccc2C1=O. The van der Waals surface area contributed by atoms with Crippen LogP contribution >= 0.6 is 11.8 Å². The number of carbonyl (C=O) groups is 1. The highest BCUT2D eigenvalue weighted by Gasteiger charge is 2.43. The minimum absolute atomic E-state index is 0.227. The zero-order chi connectivity index (χ0) is 15.7. The standard InChI is InChI=1S/C20H20OS/c1-4-11-20(16-8-5-14(2)6-9-16)13-22-18-12-15(3)7-10-17(18)19(20)21/h4-10,12H,1,11,13H2,2-3H3/t20-/m1/s1. The monoisotopic (exact) mass is 308 g/mol. The summed E-state index contributed by atoms with van der Waals surface area (Å²) in [4.78, 5) is 14.4. The highest BCUT2D eigenvalue weighted by atomic mass is 32.2. The predicted molar refractivity (Wildman–Crippen MR) is 93.9 cm³/mol. The summed E-state index contributed by atoms with van der Waals surface area (Å²) in [5.74, 6) is 1.00. The maximum Gasteiger partial charge on any atom is 0.175 e. The molecule has 0 fully saturated rings. The fourth-order valence-corrected chi connectivity index (χ4v) is 4.47. The van der Waals surface area contributed by atoms with Crippen molar-refractivity contribution >= 4 is 17.5 Å². The number of Topliss-reactive ketones (excluding diaryl/α,β-unsaturated/α-hetero) is 1. The van der Waals surface area contributed by atoms with Gasteiger partial charge < -0.3 is 0 Å². The third-order valence-corrected chi connectivity index (χ3v) is 5.67. The average molecular weight is 308 g/mol. The molecule has 1 aliphatic rings. The molecule has 2 heteroatoms. The molecule has 1 nitrogen and oxygen atoms in total. The minimum atomic E-state index is -0.484. The average Bonchev–Trinajstić information content (AvgIpc) is 2.51. The van der Waals surface area contributed by atoms with E-state index in [1.165, 1.54) is 11.1 Å². The molecule has 22 heavy (non-hydrogen) atoms. The van der Waals surface area contributed by atoms with Gasteiger partial charge in [0, 0.05) is 16.2 Å². The molecular weight excluding hydrogens is 288 g/mol. The number of fused-ring (bicyclic) bond motifs is 1. The van der Waals surface area contributed by atoms with Gasteiger partial charge in [0.15, 0.2) is 5.78 Å². The minimum Gasteiger partial charge on any atom is -0.293 e. The molecule has 3 rings (SSSR count). The zero-order valence-electron chi connectivity index (χ0n) is 13.1. The number of carbonyl (C=O) groups excluding carboxylic acids is 1. The number of hydrogen-bond donors (Lipinski definition) is 0. The number of rotatable bonds is 3. The lowest BCUT2D eigenvalue weighted by Gasteiger charge is -2.36. The first kappa shape index (κ1) is 15.1. The van der Waals surface area contributed by atoms with Crippen molar-refractivity contribution in [2.24, 2.45) is 0 Å². The third kappa shape index (κ3) is 2.42. The summed E-state index contributed by atoms with van der Waals surface area (Å²) in [6.45, 7) is 8.02. The smallest absolute Gasteiger partial charge is 0.175 e. The molecule has 0 N–H and O–H groups in total. The summed E-state index contributed by atoms with van der Waals surface area (Å²) in [6, 6.07) is 14.5. The highest BCUT2D eigenvalue weighted by Crippen LogP contribution is 2.44. The Labute approximate surface area is 136 Å². The van der Waals surface area contributed by atoms with Crippen LogP contribution in [0.1, 0.15) is 33.5 Å². The predicted octanol–water partition coefficient (Wildman–Crippen LogP) is 5.11. The topological polar surface area (TPSA) is 17.1 Å². The van der Waals surface area contributed by atoms with Crippen LogP contribution in [0, 0.1) is 13.8 Å². The van der Waals surface area contributed by atoms with Gasteiger partial charge >= 0.3 is 0 Å². The largest absolute Gasteiger partial charge is 0.293 e. The molecule has 0 amide bonds. The zero-order valence-corrected chi connectivity index (χ0v) is 13.9. The van der Waals surface area contributed by atoms with Crippen molar-refractivity contribution in [2.75, 3.05) is 5.75 Å². The van der Waals surface area contributed by atoms with Crippen LogP contribution < -0.4 is 0 Å². The number of ketones is 1. The number of hydrogen-bond acceptors (Lipinski definition) is 2. The molecule has 1 atom stereocenters. The summed E-state index contributed by atoms with van der Waals surface area (Å²) in [5.41, 5.74) is 3.88. The Balaban J connectivity index is 2.12. The molecule has 0 spiro atoms. The van der Waals surface area contributed by atoms with Crippen molar-refractivity contribution in [3.8, 4) is 0 Å². The van der Waals surface area contributed by atoms with Gasteiger partial charge in [-0.15, -0.1) is 18.3 Å². The first-order chi connectivity index (χ1) is 10.6. The van der Waals surface area contributed by atoms with Crippen molar-refractivity contribution in [2.45, 2.75) is 30.6 Å². The van der Waals surface area contributed by atoms with Gasteiger partial charge in [-0.25, -0.2) is 0 Å². The van der Waals surface area contributed by atoms with Crippen molar-refractivity contribution < 1.29 is 4.79 Å². The third-order valence-electron chi connectivity index (χ3n) is 4.39. The van der Waals surface area contributed by atoms with E-state index in [4.69, 9.17) is 0 Å². The number of thioether (sulfide) groups is 1.